The third kappa shape index (κ3) is 1.58. The minimum atomic E-state index is -0.493. The number of fused-ring (bicyclic) bond motifs is 1. The van der Waals surface area contributed by atoms with Gasteiger partial charge in [0.2, 0.25) is 0 Å². The van der Waals surface area contributed by atoms with Gasteiger partial charge in [-0.3, -0.25) is 0 Å². The van der Waals surface area contributed by atoms with Gasteiger partial charge in [0.25, 0.3) is 0 Å². The molecule has 3 nitrogen and oxygen atoms in total. The van der Waals surface area contributed by atoms with Crippen molar-refractivity contribution in [1.82, 2.24) is 0 Å². The second-order valence-electron chi connectivity index (χ2n) is 5.03. The molecule has 0 bridgehead atoms. The summed E-state index contributed by atoms with van der Waals surface area (Å²) in [7, 11) is 0. The number of ether oxygens (including phenoxy) is 3. The summed E-state index contributed by atoms with van der Waals surface area (Å²) < 4.78 is 17.3. The molecule has 14 heavy (non-hydrogen) atoms. The zero-order valence-electron chi connectivity index (χ0n) is 9.61. The van der Waals surface area contributed by atoms with Gasteiger partial charge in [-0.25, -0.2) is 0 Å². The highest BCUT2D eigenvalue weighted by atomic mass is 16.8. The van der Waals surface area contributed by atoms with Crippen LogP contribution in [0.3, 0.4) is 0 Å². The second-order valence-corrected chi connectivity index (χ2v) is 5.03. The Morgan fingerprint density at radius 3 is 2.21 bits per heavy atom. The normalized spacial score (nSPS) is 51.6. The molecule has 0 aromatic rings. The first-order chi connectivity index (χ1) is 6.41. The van der Waals surface area contributed by atoms with E-state index < -0.39 is 5.79 Å². The van der Waals surface area contributed by atoms with Crippen LogP contribution in [0.25, 0.3) is 0 Å². The Balaban J connectivity index is 2.15. The fourth-order valence-corrected chi connectivity index (χ4v) is 2.28. The smallest absolute Gasteiger partial charge is 0.187 e. The molecule has 0 radical (unpaired) electrons. The van der Waals surface area contributed by atoms with Crippen LogP contribution < -0.4 is 0 Å². The third-order valence-corrected chi connectivity index (χ3v) is 3.52. The van der Waals surface area contributed by atoms with Crippen molar-refractivity contribution in [3.63, 3.8) is 0 Å². The molecule has 82 valence electrons. The van der Waals surface area contributed by atoms with Crippen molar-refractivity contribution in [3.05, 3.63) is 0 Å². The topological polar surface area (TPSA) is 27.7 Å². The van der Waals surface area contributed by atoms with Crippen LogP contribution in [0.2, 0.25) is 0 Å². The van der Waals surface area contributed by atoms with Gasteiger partial charge in [0.15, 0.2) is 12.1 Å². The van der Waals surface area contributed by atoms with Crippen LogP contribution in [-0.2, 0) is 14.2 Å². The van der Waals surface area contributed by atoms with Gasteiger partial charge in [0.1, 0.15) is 6.10 Å². The Morgan fingerprint density at radius 1 is 0.929 bits per heavy atom. The van der Waals surface area contributed by atoms with E-state index in [1.54, 1.807) is 0 Å². The average Bonchev–Trinajstić information content (AvgIpc) is 2.37. The quantitative estimate of drug-likeness (QED) is 0.599. The molecule has 2 rings (SSSR count). The summed E-state index contributed by atoms with van der Waals surface area (Å²) in [6, 6.07) is 0. The lowest BCUT2D eigenvalue weighted by Crippen LogP contribution is -2.46. The van der Waals surface area contributed by atoms with Crippen LogP contribution in [0.4, 0.5) is 0 Å². The van der Waals surface area contributed by atoms with Gasteiger partial charge in [-0.15, -0.1) is 0 Å². The molecule has 2 fully saturated rings. The van der Waals surface area contributed by atoms with E-state index in [0.717, 1.165) is 0 Å². The van der Waals surface area contributed by atoms with Crippen molar-refractivity contribution in [3.8, 4) is 0 Å². The van der Waals surface area contributed by atoms with Crippen LogP contribution in [0.15, 0.2) is 0 Å². The molecule has 2 aliphatic heterocycles. The Hall–Kier alpha value is -0.120. The Bertz CT molecular complexity index is 227. The van der Waals surface area contributed by atoms with E-state index in [-0.39, 0.29) is 18.5 Å². The maximum atomic E-state index is 5.84. The highest BCUT2D eigenvalue weighted by molar-refractivity contribution is 4.88. The monoisotopic (exact) mass is 200 g/mol. The molecule has 3 heteroatoms. The van der Waals surface area contributed by atoms with Crippen LogP contribution in [0.5, 0.6) is 0 Å². The molecule has 2 aliphatic rings. The minimum absolute atomic E-state index is 0.0937. The molecule has 0 spiro atoms. The van der Waals surface area contributed by atoms with Gasteiger partial charge < -0.3 is 14.2 Å². The highest BCUT2D eigenvalue weighted by Gasteiger charge is 2.50. The molecule has 2 heterocycles. The predicted molar refractivity (Wildman–Crippen MR) is 52.7 cm³/mol. The largest absolute Gasteiger partial charge is 0.347 e. The Labute approximate surface area is 85.7 Å². The Kier molecular flexibility index (Phi) is 2.37. The number of hydrogen-bond donors (Lipinski definition) is 0. The maximum absolute atomic E-state index is 5.84. The van der Waals surface area contributed by atoms with Crippen molar-refractivity contribution >= 4 is 0 Å². The highest BCUT2D eigenvalue weighted by Crippen LogP contribution is 2.41. The van der Waals surface area contributed by atoms with Gasteiger partial charge in [-0.2, -0.15) is 0 Å². The van der Waals surface area contributed by atoms with Crippen molar-refractivity contribution in [2.45, 2.75) is 58.9 Å². The lowest BCUT2D eigenvalue weighted by Gasteiger charge is -2.38. The summed E-state index contributed by atoms with van der Waals surface area (Å²) in [5.41, 5.74) is 0. The summed E-state index contributed by atoms with van der Waals surface area (Å²) in [6.07, 6.45) is 0.172. The summed E-state index contributed by atoms with van der Waals surface area (Å²) in [6.45, 7) is 10.4. The maximum Gasteiger partial charge on any atom is 0.187 e. The fraction of sp³-hybridized carbons (Fsp3) is 1.00. The molecular formula is C11H20O3. The van der Waals surface area contributed by atoms with Crippen LogP contribution in [-0.4, -0.2) is 24.3 Å². The van der Waals surface area contributed by atoms with Crippen molar-refractivity contribution in [2.75, 3.05) is 0 Å². The van der Waals surface area contributed by atoms with Gasteiger partial charge in [0, 0.05) is 0 Å². The molecule has 5 unspecified atom stereocenters. The zero-order valence-corrected chi connectivity index (χ0v) is 9.61. The summed E-state index contributed by atoms with van der Waals surface area (Å²) in [5.74, 6) is 0.521. The zero-order chi connectivity index (χ0) is 10.5. The Morgan fingerprint density at radius 2 is 1.57 bits per heavy atom. The summed E-state index contributed by atoms with van der Waals surface area (Å²) in [5, 5.41) is 0. The van der Waals surface area contributed by atoms with Crippen LogP contribution >= 0.6 is 0 Å². The van der Waals surface area contributed by atoms with E-state index in [0.29, 0.717) is 11.8 Å². The molecule has 0 aromatic carbocycles. The van der Waals surface area contributed by atoms with E-state index in [1.807, 2.05) is 13.8 Å². The molecule has 0 N–H and O–H groups in total. The molecule has 0 amide bonds. The van der Waals surface area contributed by atoms with Gasteiger partial charge in [0.05, 0.1) is 6.10 Å². The molecule has 2 saturated heterocycles. The number of rotatable bonds is 0. The number of hydrogen-bond acceptors (Lipinski definition) is 3. The molecule has 0 aromatic heterocycles. The van der Waals surface area contributed by atoms with E-state index in [4.69, 9.17) is 14.2 Å². The lowest BCUT2D eigenvalue weighted by atomic mass is 9.84. The summed E-state index contributed by atoms with van der Waals surface area (Å²) >= 11 is 0. The first kappa shape index (κ1) is 10.4. The predicted octanol–water partition coefficient (Wildman–Crippen LogP) is 2.15. The first-order valence-corrected chi connectivity index (χ1v) is 5.42. The molecule has 0 aliphatic carbocycles. The van der Waals surface area contributed by atoms with E-state index in [1.165, 1.54) is 0 Å². The van der Waals surface area contributed by atoms with E-state index in [9.17, 15) is 0 Å². The van der Waals surface area contributed by atoms with Gasteiger partial charge in [-0.05, 0) is 32.6 Å². The van der Waals surface area contributed by atoms with Gasteiger partial charge in [-0.1, -0.05) is 13.8 Å². The van der Waals surface area contributed by atoms with Crippen LogP contribution in [0.1, 0.15) is 34.6 Å². The van der Waals surface area contributed by atoms with E-state index >= 15 is 0 Å². The first-order valence-electron chi connectivity index (χ1n) is 5.42. The molecular weight excluding hydrogens is 180 g/mol. The standard InChI is InChI=1S/C11H20O3/c1-6-7(2)9-10(12-8(6)3)14-11(4,5)13-9/h6-10H,1-5H3. The van der Waals surface area contributed by atoms with Gasteiger partial charge >= 0.3 is 0 Å². The fourth-order valence-electron chi connectivity index (χ4n) is 2.28. The lowest BCUT2D eigenvalue weighted by molar-refractivity contribution is -0.220. The van der Waals surface area contributed by atoms with Crippen molar-refractivity contribution < 1.29 is 14.2 Å². The van der Waals surface area contributed by atoms with E-state index in [2.05, 4.69) is 20.8 Å². The van der Waals surface area contributed by atoms with Crippen molar-refractivity contribution in [1.29, 1.82) is 0 Å². The second kappa shape index (κ2) is 3.19. The van der Waals surface area contributed by atoms with Crippen LogP contribution in [0, 0.1) is 11.8 Å². The minimum Gasteiger partial charge on any atom is -0.347 e. The molecule has 0 saturated carbocycles. The summed E-state index contributed by atoms with van der Waals surface area (Å²) in [4.78, 5) is 0. The third-order valence-electron chi connectivity index (χ3n) is 3.52. The molecule has 5 atom stereocenters. The SMILES string of the molecule is CC1OC2OC(C)(C)OC2C(C)C1C. The van der Waals surface area contributed by atoms with Crippen molar-refractivity contribution in [2.24, 2.45) is 11.8 Å². The average molecular weight is 200 g/mol.